The fourth-order valence-electron chi connectivity index (χ4n) is 1.36. The van der Waals surface area contributed by atoms with E-state index >= 15 is 0 Å². The van der Waals surface area contributed by atoms with E-state index in [9.17, 15) is 8.42 Å². The Bertz CT molecular complexity index is 477. The number of nitrogens with zero attached hydrogens (tertiary/aromatic N) is 2. The highest BCUT2D eigenvalue weighted by Gasteiger charge is 2.22. The Morgan fingerprint density at radius 1 is 1.38 bits per heavy atom. The van der Waals surface area contributed by atoms with Gasteiger partial charge in [-0.2, -0.15) is 0 Å². The van der Waals surface area contributed by atoms with Crippen molar-refractivity contribution in [3.05, 3.63) is 22.2 Å². The summed E-state index contributed by atoms with van der Waals surface area (Å²) >= 11 is 5.98. The van der Waals surface area contributed by atoms with E-state index in [1.165, 1.54) is 0 Å². The van der Waals surface area contributed by atoms with Crippen LogP contribution in [0.1, 0.15) is 36.2 Å². The molecule has 90 valence electrons. The van der Waals surface area contributed by atoms with Crippen LogP contribution < -0.4 is 0 Å². The molecule has 0 radical (unpaired) electrons. The second kappa shape index (κ2) is 4.67. The average molecular weight is 263 g/mol. The van der Waals surface area contributed by atoms with Gasteiger partial charge in [0.1, 0.15) is 16.2 Å². The van der Waals surface area contributed by atoms with Crippen LogP contribution in [0.4, 0.5) is 0 Å². The summed E-state index contributed by atoms with van der Waals surface area (Å²) in [6, 6.07) is 0. The Labute approximate surface area is 101 Å². The van der Waals surface area contributed by atoms with Crippen molar-refractivity contribution in [2.75, 3.05) is 6.26 Å². The molecule has 0 aliphatic carbocycles. The molecule has 4 nitrogen and oxygen atoms in total. The van der Waals surface area contributed by atoms with Gasteiger partial charge in [0.15, 0.2) is 9.84 Å². The summed E-state index contributed by atoms with van der Waals surface area (Å²) in [4.78, 5) is 8.24. The zero-order valence-corrected chi connectivity index (χ0v) is 11.4. The number of sulfone groups is 1. The Kier molecular flexibility index (Phi) is 3.91. The van der Waals surface area contributed by atoms with Gasteiger partial charge < -0.3 is 0 Å². The fourth-order valence-corrected chi connectivity index (χ4v) is 2.20. The lowest BCUT2D eigenvalue weighted by atomic mass is 10.2. The van der Waals surface area contributed by atoms with Crippen LogP contribution in [0.15, 0.2) is 0 Å². The summed E-state index contributed by atoms with van der Waals surface area (Å²) in [5.41, 5.74) is 1.61. The fraction of sp³-hybridized carbons (Fsp3) is 0.600. The van der Waals surface area contributed by atoms with Crippen LogP contribution in [0.5, 0.6) is 0 Å². The lowest BCUT2D eigenvalue weighted by molar-refractivity contribution is 0.588. The van der Waals surface area contributed by atoms with Crippen LogP contribution in [-0.2, 0) is 16.3 Å². The van der Waals surface area contributed by atoms with E-state index < -0.39 is 15.1 Å². The minimum absolute atomic E-state index is 0.266. The Balaban J connectivity index is 3.29. The van der Waals surface area contributed by atoms with Crippen LogP contribution in [-0.4, -0.2) is 24.6 Å². The summed E-state index contributed by atoms with van der Waals surface area (Å²) in [5, 5.41) is -0.380. The number of hydrogen-bond acceptors (Lipinski definition) is 4. The molecule has 1 heterocycles. The lowest BCUT2D eigenvalue weighted by Crippen LogP contribution is -2.13. The van der Waals surface area contributed by atoms with Gasteiger partial charge in [-0.1, -0.05) is 18.5 Å². The highest BCUT2D eigenvalue weighted by molar-refractivity contribution is 7.90. The Morgan fingerprint density at radius 2 is 1.94 bits per heavy atom. The number of rotatable bonds is 3. The summed E-state index contributed by atoms with van der Waals surface area (Å²) < 4.78 is 22.8. The standard InChI is InChI=1S/C10H15ClN2O2S/c1-5-8-6(2)12-10(13-9(8)11)7(3)16(4,14)15/h7H,5H2,1-4H3. The van der Waals surface area contributed by atoms with E-state index in [0.29, 0.717) is 5.15 Å². The molecule has 0 aliphatic rings. The van der Waals surface area contributed by atoms with E-state index in [4.69, 9.17) is 11.6 Å². The number of aromatic nitrogens is 2. The molecule has 0 bridgehead atoms. The van der Waals surface area contributed by atoms with Gasteiger partial charge in [0, 0.05) is 17.5 Å². The molecule has 0 fully saturated rings. The molecule has 16 heavy (non-hydrogen) atoms. The minimum atomic E-state index is -3.19. The maximum Gasteiger partial charge on any atom is 0.157 e. The largest absolute Gasteiger partial charge is 0.236 e. The molecule has 0 saturated heterocycles. The van der Waals surface area contributed by atoms with Crippen molar-refractivity contribution in [1.82, 2.24) is 9.97 Å². The zero-order valence-electron chi connectivity index (χ0n) is 9.78. The molecule has 0 aliphatic heterocycles. The maximum atomic E-state index is 11.4. The normalized spacial score (nSPS) is 13.8. The average Bonchev–Trinajstić information content (AvgIpc) is 2.14. The predicted molar refractivity (Wildman–Crippen MR) is 64.4 cm³/mol. The van der Waals surface area contributed by atoms with Gasteiger partial charge in [0.05, 0.1) is 0 Å². The first-order valence-electron chi connectivity index (χ1n) is 4.99. The van der Waals surface area contributed by atoms with Crippen LogP contribution in [0, 0.1) is 6.92 Å². The molecule has 0 aromatic carbocycles. The second-order valence-electron chi connectivity index (χ2n) is 3.76. The first kappa shape index (κ1) is 13.4. The van der Waals surface area contributed by atoms with Gasteiger partial charge in [0.25, 0.3) is 0 Å². The quantitative estimate of drug-likeness (QED) is 0.783. The lowest BCUT2D eigenvalue weighted by Gasteiger charge is -2.11. The molecule has 1 aromatic rings. The molecule has 6 heteroatoms. The van der Waals surface area contributed by atoms with Crippen molar-refractivity contribution in [2.24, 2.45) is 0 Å². The van der Waals surface area contributed by atoms with E-state index in [0.717, 1.165) is 23.9 Å². The first-order valence-corrected chi connectivity index (χ1v) is 7.32. The van der Waals surface area contributed by atoms with E-state index in [2.05, 4.69) is 9.97 Å². The number of aryl methyl sites for hydroxylation is 1. The third kappa shape index (κ3) is 2.71. The van der Waals surface area contributed by atoms with Crippen molar-refractivity contribution in [2.45, 2.75) is 32.4 Å². The zero-order chi connectivity index (χ0) is 12.5. The topological polar surface area (TPSA) is 59.9 Å². The van der Waals surface area contributed by atoms with Gasteiger partial charge in [-0.25, -0.2) is 18.4 Å². The predicted octanol–water partition coefficient (Wildman–Crippen LogP) is 2.11. The second-order valence-corrected chi connectivity index (χ2v) is 6.49. The monoisotopic (exact) mass is 262 g/mol. The van der Waals surface area contributed by atoms with Crippen molar-refractivity contribution < 1.29 is 8.42 Å². The molecular weight excluding hydrogens is 248 g/mol. The van der Waals surface area contributed by atoms with Crippen LogP contribution in [0.25, 0.3) is 0 Å². The van der Waals surface area contributed by atoms with E-state index in [-0.39, 0.29) is 5.82 Å². The van der Waals surface area contributed by atoms with Crippen molar-refractivity contribution >= 4 is 21.4 Å². The minimum Gasteiger partial charge on any atom is -0.236 e. The Morgan fingerprint density at radius 3 is 2.31 bits per heavy atom. The number of hydrogen-bond donors (Lipinski definition) is 0. The Hall–Kier alpha value is -0.680. The highest BCUT2D eigenvalue weighted by atomic mass is 35.5. The maximum absolute atomic E-state index is 11.4. The molecule has 0 amide bonds. The van der Waals surface area contributed by atoms with Crippen LogP contribution in [0.3, 0.4) is 0 Å². The molecule has 0 spiro atoms. The summed E-state index contributed by atoms with van der Waals surface area (Å²) in [6.07, 6.45) is 1.90. The van der Waals surface area contributed by atoms with Gasteiger partial charge in [-0.15, -0.1) is 0 Å². The summed E-state index contributed by atoms with van der Waals surface area (Å²) in [6.45, 7) is 5.33. The first-order chi connectivity index (χ1) is 7.27. The van der Waals surface area contributed by atoms with Crippen molar-refractivity contribution in [3.63, 3.8) is 0 Å². The van der Waals surface area contributed by atoms with Crippen molar-refractivity contribution in [1.29, 1.82) is 0 Å². The highest BCUT2D eigenvalue weighted by Crippen LogP contribution is 2.23. The molecule has 0 saturated carbocycles. The smallest absolute Gasteiger partial charge is 0.157 e. The number of halogens is 1. The SMILES string of the molecule is CCc1c(C)nc(C(C)S(C)(=O)=O)nc1Cl. The van der Waals surface area contributed by atoms with E-state index in [1.807, 2.05) is 13.8 Å². The van der Waals surface area contributed by atoms with Crippen LogP contribution in [0.2, 0.25) is 5.15 Å². The van der Waals surface area contributed by atoms with E-state index in [1.54, 1.807) is 6.92 Å². The molecule has 1 rings (SSSR count). The van der Waals surface area contributed by atoms with Gasteiger partial charge >= 0.3 is 0 Å². The van der Waals surface area contributed by atoms with Gasteiger partial charge in [-0.05, 0) is 20.3 Å². The molecular formula is C10H15ClN2O2S. The molecule has 1 aromatic heterocycles. The molecule has 1 atom stereocenters. The van der Waals surface area contributed by atoms with Gasteiger partial charge in [-0.3, -0.25) is 0 Å². The third-order valence-corrected chi connectivity index (χ3v) is 4.35. The molecule has 1 unspecified atom stereocenters. The summed E-state index contributed by atoms with van der Waals surface area (Å²) in [5.74, 6) is 0.266. The third-order valence-electron chi connectivity index (χ3n) is 2.54. The van der Waals surface area contributed by atoms with Crippen molar-refractivity contribution in [3.8, 4) is 0 Å². The molecule has 0 N–H and O–H groups in total. The summed E-state index contributed by atoms with van der Waals surface area (Å²) in [7, 11) is -3.19. The van der Waals surface area contributed by atoms with Crippen LogP contribution >= 0.6 is 11.6 Å². The van der Waals surface area contributed by atoms with Gasteiger partial charge in [0.2, 0.25) is 0 Å².